The topological polar surface area (TPSA) is 37.4 Å². The van der Waals surface area contributed by atoms with Gasteiger partial charge in [-0.2, -0.15) is 0 Å². The van der Waals surface area contributed by atoms with Crippen molar-refractivity contribution in [2.75, 3.05) is 25.5 Å². The quantitative estimate of drug-likeness (QED) is 0.676. The lowest BCUT2D eigenvalue weighted by Gasteiger charge is -2.33. The highest BCUT2D eigenvalue weighted by Gasteiger charge is 2.20. The maximum atomic E-state index is 6.09. The molecule has 0 unspecified atom stereocenters. The normalized spacial score (nSPS) is 15.8. The summed E-state index contributed by atoms with van der Waals surface area (Å²) in [5.74, 6) is 0.972. The number of fused-ring (bicyclic) bond motifs is 1. The fourth-order valence-electron chi connectivity index (χ4n) is 3.78. The number of halogens is 1. The van der Waals surface area contributed by atoms with Gasteiger partial charge in [-0.3, -0.25) is 9.88 Å². The number of piperidine rings is 1. The van der Waals surface area contributed by atoms with Crippen LogP contribution in [-0.4, -0.2) is 36.1 Å². The molecule has 1 N–H and O–H groups in total. The minimum absolute atomic E-state index is 0.472. The number of likely N-dealkylation sites (tertiary alicyclic amines) is 1. The molecule has 1 aliphatic heterocycles. The molecule has 1 aromatic heterocycles. The number of nitrogens with zero attached hydrogens (tertiary/aromatic N) is 2. The second-order valence-corrected chi connectivity index (χ2v) is 7.46. The van der Waals surface area contributed by atoms with Gasteiger partial charge in [-0.25, -0.2) is 0 Å². The molecule has 4 rings (SSSR count). The van der Waals surface area contributed by atoms with Crippen molar-refractivity contribution in [2.45, 2.75) is 25.4 Å². The minimum atomic E-state index is 0.472. The summed E-state index contributed by atoms with van der Waals surface area (Å²) < 4.78 is 5.48. The number of nitrogens with one attached hydrogen (secondary N) is 1. The van der Waals surface area contributed by atoms with Crippen LogP contribution in [-0.2, 0) is 6.54 Å². The van der Waals surface area contributed by atoms with Crippen LogP contribution in [0.5, 0.6) is 5.75 Å². The molecule has 2 heterocycles. The Labute approximate surface area is 165 Å². The molecule has 0 saturated carbocycles. The highest BCUT2D eigenvalue weighted by atomic mass is 35.5. The number of pyridine rings is 1. The lowest BCUT2D eigenvalue weighted by molar-refractivity contribution is 0.209. The number of aromatic nitrogens is 1. The Balaban J connectivity index is 1.39. The van der Waals surface area contributed by atoms with Crippen LogP contribution in [0.1, 0.15) is 18.4 Å². The summed E-state index contributed by atoms with van der Waals surface area (Å²) in [7, 11) is 1.74. The summed E-state index contributed by atoms with van der Waals surface area (Å²) in [5, 5.41) is 5.56. The van der Waals surface area contributed by atoms with Crippen LogP contribution < -0.4 is 10.1 Å². The van der Waals surface area contributed by atoms with Gasteiger partial charge in [-0.1, -0.05) is 29.8 Å². The highest BCUT2D eigenvalue weighted by molar-refractivity contribution is 6.31. The Hall–Kier alpha value is -2.30. The molecule has 1 saturated heterocycles. The van der Waals surface area contributed by atoms with E-state index >= 15 is 0 Å². The Kier molecular flexibility index (Phi) is 5.46. The maximum absolute atomic E-state index is 6.09. The first kappa shape index (κ1) is 18.1. The lowest BCUT2D eigenvalue weighted by Crippen LogP contribution is -2.38. The van der Waals surface area contributed by atoms with Gasteiger partial charge in [-0.05, 0) is 43.2 Å². The van der Waals surface area contributed by atoms with Crippen molar-refractivity contribution in [2.24, 2.45) is 0 Å². The molecular weight excluding hydrogens is 358 g/mol. The molecule has 0 atom stereocenters. The first-order valence-corrected chi connectivity index (χ1v) is 9.76. The zero-order chi connectivity index (χ0) is 18.6. The maximum Gasteiger partial charge on any atom is 0.123 e. The van der Waals surface area contributed by atoms with E-state index in [0.29, 0.717) is 6.04 Å². The van der Waals surface area contributed by atoms with E-state index in [2.05, 4.69) is 33.4 Å². The van der Waals surface area contributed by atoms with Crippen LogP contribution in [0.25, 0.3) is 10.9 Å². The number of hydrogen-bond donors (Lipinski definition) is 1. The van der Waals surface area contributed by atoms with Gasteiger partial charge in [0.05, 0.1) is 12.6 Å². The van der Waals surface area contributed by atoms with Crippen LogP contribution in [0.2, 0.25) is 5.02 Å². The van der Waals surface area contributed by atoms with Gasteiger partial charge in [0.25, 0.3) is 0 Å². The monoisotopic (exact) mass is 381 g/mol. The van der Waals surface area contributed by atoms with Gasteiger partial charge in [0.15, 0.2) is 0 Å². The van der Waals surface area contributed by atoms with E-state index in [4.69, 9.17) is 16.3 Å². The van der Waals surface area contributed by atoms with E-state index in [1.165, 1.54) is 5.56 Å². The number of anilines is 1. The average molecular weight is 382 g/mol. The molecule has 1 aliphatic rings. The molecular formula is C22H24ClN3O. The summed E-state index contributed by atoms with van der Waals surface area (Å²) >= 11 is 6.09. The molecule has 0 amide bonds. The van der Waals surface area contributed by atoms with E-state index in [1.54, 1.807) is 7.11 Å². The first-order valence-electron chi connectivity index (χ1n) is 9.38. The second kappa shape index (κ2) is 8.15. The predicted molar refractivity (Wildman–Crippen MR) is 112 cm³/mol. The third kappa shape index (κ3) is 4.18. The van der Waals surface area contributed by atoms with Crippen LogP contribution >= 0.6 is 11.6 Å². The van der Waals surface area contributed by atoms with Gasteiger partial charge < -0.3 is 10.1 Å². The van der Waals surface area contributed by atoms with Crippen LogP contribution in [0.15, 0.2) is 54.7 Å². The van der Waals surface area contributed by atoms with Gasteiger partial charge in [0.2, 0.25) is 0 Å². The third-order valence-corrected chi connectivity index (χ3v) is 5.47. The predicted octanol–water partition coefficient (Wildman–Crippen LogP) is 4.97. The zero-order valence-electron chi connectivity index (χ0n) is 15.5. The Morgan fingerprint density at radius 3 is 2.78 bits per heavy atom. The lowest BCUT2D eigenvalue weighted by atomic mass is 10.0. The molecule has 27 heavy (non-hydrogen) atoms. The van der Waals surface area contributed by atoms with Crippen molar-refractivity contribution in [1.82, 2.24) is 9.88 Å². The van der Waals surface area contributed by atoms with Crippen molar-refractivity contribution in [3.05, 3.63) is 65.3 Å². The van der Waals surface area contributed by atoms with Crippen molar-refractivity contribution >= 4 is 28.2 Å². The van der Waals surface area contributed by atoms with Crippen LogP contribution in [0, 0.1) is 0 Å². The summed E-state index contributed by atoms with van der Waals surface area (Å²) in [6.07, 6.45) is 4.08. The molecule has 0 aliphatic carbocycles. The first-order chi connectivity index (χ1) is 13.2. The summed E-state index contributed by atoms with van der Waals surface area (Å²) in [5.41, 5.74) is 3.32. The number of para-hydroxylation sites is 1. The van der Waals surface area contributed by atoms with E-state index in [0.717, 1.165) is 59.8 Å². The molecule has 140 valence electrons. The summed E-state index contributed by atoms with van der Waals surface area (Å²) in [6, 6.07) is 16.7. The number of ether oxygens (including phenoxy) is 1. The second-order valence-electron chi connectivity index (χ2n) is 7.03. The molecule has 0 spiro atoms. The third-order valence-electron chi connectivity index (χ3n) is 5.24. The summed E-state index contributed by atoms with van der Waals surface area (Å²) in [6.45, 7) is 3.09. The van der Waals surface area contributed by atoms with E-state index in [1.807, 2.05) is 36.5 Å². The van der Waals surface area contributed by atoms with Crippen molar-refractivity contribution < 1.29 is 4.74 Å². The molecule has 2 aromatic carbocycles. The van der Waals surface area contributed by atoms with Gasteiger partial charge in [0.1, 0.15) is 5.75 Å². The number of hydrogen-bond acceptors (Lipinski definition) is 4. The van der Waals surface area contributed by atoms with Crippen LogP contribution in [0.4, 0.5) is 5.69 Å². The number of rotatable bonds is 5. The molecule has 0 bridgehead atoms. The smallest absolute Gasteiger partial charge is 0.123 e. The zero-order valence-corrected chi connectivity index (χ0v) is 16.2. The molecule has 0 radical (unpaired) electrons. The van der Waals surface area contributed by atoms with E-state index in [-0.39, 0.29) is 0 Å². The van der Waals surface area contributed by atoms with E-state index in [9.17, 15) is 0 Å². The largest absolute Gasteiger partial charge is 0.496 e. The highest BCUT2D eigenvalue weighted by Crippen LogP contribution is 2.27. The van der Waals surface area contributed by atoms with Crippen molar-refractivity contribution in [3.63, 3.8) is 0 Å². The van der Waals surface area contributed by atoms with Crippen molar-refractivity contribution in [3.8, 4) is 5.75 Å². The van der Waals surface area contributed by atoms with Crippen LogP contribution in [0.3, 0.4) is 0 Å². The summed E-state index contributed by atoms with van der Waals surface area (Å²) in [4.78, 5) is 6.93. The van der Waals surface area contributed by atoms with Gasteiger partial charge >= 0.3 is 0 Å². The average Bonchev–Trinajstić information content (AvgIpc) is 2.70. The Morgan fingerprint density at radius 1 is 1.15 bits per heavy atom. The molecule has 3 aromatic rings. The molecule has 1 fully saturated rings. The minimum Gasteiger partial charge on any atom is -0.496 e. The van der Waals surface area contributed by atoms with Crippen molar-refractivity contribution in [1.29, 1.82) is 0 Å². The fourth-order valence-corrected chi connectivity index (χ4v) is 3.94. The number of benzene rings is 2. The van der Waals surface area contributed by atoms with E-state index < -0.39 is 0 Å². The Bertz CT molecular complexity index is 922. The van der Waals surface area contributed by atoms with Gasteiger partial charge in [-0.15, -0.1) is 0 Å². The van der Waals surface area contributed by atoms with Gasteiger partial charge in [0, 0.05) is 53.5 Å². The fraction of sp³-hybridized carbons (Fsp3) is 0.318. The molecule has 4 nitrogen and oxygen atoms in total. The number of methoxy groups -OCH3 is 1. The Morgan fingerprint density at radius 2 is 1.96 bits per heavy atom. The SMILES string of the molecule is COc1ccccc1CN1CCC(Nc2ccnc3cc(Cl)ccc23)CC1. The molecule has 5 heteroatoms. The standard InChI is InChI=1S/C22H24ClN3O/c1-27-22-5-3-2-4-16(22)15-26-12-9-18(10-13-26)25-20-8-11-24-21-14-17(23)6-7-19(20)21/h2-8,11,14,18H,9-10,12-13,15H2,1H3,(H,24,25).